The summed E-state index contributed by atoms with van der Waals surface area (Å²) in [4.78, 5) is 6.04. The molecule has 1 heterocycles. The maximum atomic E-state index is 9.77. The van der Waals surface area contributed by atoms with Gasteiger partial charge in [-0.25, -0.2) is 0 Å². The summed E-state index contributed by atoms with van der Waals surface area (Å²) >= 11 is 13.6. The van der Waals surface area contributed by atoms with Crippen LogP contribution in [0.3, 0.4) is 0 Å². The van der Waals surface area contributed by atoms with Crippen LogP contribution >= 0.6 is 23.2 Å². The van der Waals surface area contributed by atoms with E-state index < -0.39 is 12.2 Å². The van der Waals surface area contributed by atoms with Crippen LogP contribution in [0.15, 0.2) is 67.0 Å². The number of nitrogens with zero attached hydrogens (tertiary/aromatic N) is 3. The lowest BCUT2D eigenvalue weighted by molar-refractivity contribution is 0.0653. The van der Waals surface area contributed by atoms with Crippen LogP contribution in [-0.4, -0.2) is 89.0 Å². The van der Waals surface area contributed by atoms with Gasteiger partial charge in [-0.3, -0.25) is 4.98 Å². The fourth-order valence-electron chi connectivity index (χ4n) is 5.33. The van der Waals surface area contributed by atoms with Crippen LogP contribution in [0.2, 0.25) is 10.0 Å². The van der Waals surface area contributed by atoms with Gasteiger partial charge in [0.15, 0.2) is 0 Å². The second-order valence-electron chi connectivity index (χ2n) is 12.1. The third kappa shape index (κ3) is 11.8. The van der Waals surface area contributed by atoms with E-state index in [0.717, 1.165) is 22.3 Å². The molecule has 3 aromatic carbocycles. The summed E-state index contributed by atoms with van der Waals surface area (Å²) in [6.07, 6.45) is 2.14. The molecule has 4 aromatic rings. The molecule has 0 aliphatic carbocycles. The molecule has 0 saturated carbocycles. The molecular weight excluding hydrogens is 695 g/mol. The number of aromatic nitrogens is 1. The highest BCUT2D eigenvalue weighted by atomic mass is 35.5. The number of nitriles is 1. The van der Waals surface area contributed by atoms with Crippen molar-refractivity contribution in [2.45, 2.75) is 45.3 Å². The molecule has 2 unspecified atom stereocenters. The largest absolute Gasteiger partial charge is 0.492 e. The number of halogens is 2. The predicted molar refractivity (Wildman–Crippen MR) is 196 cm³/mol. The quantitative estimate of drug-likeness (QED) is 0.0786. The maximum Gasteiger partial charge on any atom is 0.142 e. The Labute approximate surface area is 308 Å². The van der Waals surface area contributed by atoms with Crippen LogP contribution in [0.4, 0.5) is 0 Å². The average Bonchev–Trinajstić information content (AvgIpc) is 3.13. The summed E-state index contributed by atoms with van der Waals surface area (Å²) in [7, 11) is 1.88. The number of rotatable bonds is 20. The van der Waals surface area contributed by atoms with Crippen molar-refractivity contribution in [1.82, 2.24) is 15.2 Å². The first-order valence-electron chi connectivity index (χ1n) is 16.5. The lowest BCUT2D eigenvalue weighted by atomic mass is 9.96. The second-order valence-corrected chi connectivity index (χ2v) is 12.9. The summed E-state index contributed by atoms with van der Waals surface area (Å²) < 4.78 is 18.4. The van der Waals surface area contributed by atoms with Gasteiger partial charge in [0, 0.05) is 61.3 Å². The Morgan fingerprint density at radius 1 is 0.882 bits per heavy atom. The van der Waals surface area contributed by atoms with Crippen LogP contribution in [0.25, 0.3) is 11.1 Å². The molecule has 0 saturated heterocycles. The van der Waals surface area contributed by atoms with Crippen molar-refractivity contribution in [3.8, 4) is 34.4 Å². The molecule has 11 nitrogen and oxygen atoms in total. The van der Waals surface area contributed by atoms with Gasteiger partial charge in [0.05, 0.1) is 47.6 Å². The Morgan fingerprint density at radius 2 is 1.63 bits per heavy atom. The van der Waals surface area contributed by atoms with Gasteiger partial charge in [-0.05, 0) is 55.3 Å². The average molecular weight is 740 g/mol. The second kappa shape index (κ2) is 20.2. The van der Waals surface area contributed by atoms with E-state index in [0.29, 0.717) is 76.6 Å². The molecule has 0 spiro atoms. The highest BCUT2D eigenvalue weighted by molar-refractivity contribution is 6.35. The normalized spacial score (nSPS) is 12.4. The van der Waals surface area contributed by atoms with Gasteiger partial charge in [0.25, 0.3) is 0 Å². The summed E-state index contributed by atoms with van der Waals surface area (Å²) in [6, 6.07) is 18.8. The van der Waals surface area contributed by atoms with Crippen molar-refractivity contribution in [1.29, 1.82) is 5.26 Å². The minimum Gasteiger partial charge on any atom is -0.492 e. The third-order valence-electron chi connectivity index (χ3n) is 8.10. The van der Waals surface area contributed by atoms with Crippen molar-refractivity contribution >= 4 is 23.2 Å². The molecule has 0 aliphatic rings. The number of aliphatic hydroxyl groups excluding tert-OH is 4. The molecule has 1 aromatic heterocycles. The third-order valence-corrected chi connectivity index (χ3v) is 8.78. The van der Waals surface area contributed by atoms with Gasteiger partial charge in [-0.1, -0.05) is 53.5 Å². The Kier molecular flexibility index (Phi) is 15.8. The Bertz CT molecular complexity index is 1770. The van der Waals surface area contributed by atoms with Gasteiger partial charge in [-0.15, -0.1) is 0 Å². The Hall–Kier alpha value is -3.96. The molecule has 2 atom stereocenters. The lowest BCUT2D eigenvalue weighted by Gasteiger charge is -2.19. The monoisotopic (exact) mass is 738 g/mol. The predicted octanol–water partition coefficient (Wildman–Crippen LogP) is 4.89. The van der Waals surface area contributed by atoms with E-state index >= 15 is 0 Å². The van der Waals surface area contributed by atoms with Crippen LogP contribution in [-0.2, 0) is 19.8 Å². The smallest absolute Gasteiger partial charge is 0.142 e. The van der Waals surface area contributed by atoms with Crippen LogP contribution in [0, 0.1) is 18.3 Å². The van der Waals surface area contributed by atoms with Crippen molar-refractivity contribution in [2.75, 3.05) is 46.5 Å². The molecule has 0 amide bonds. The summed E-state index contributed by atoms with van der Waals surface area (Å²) in [5, 5.41) is 50.8. The van der Waals surface area contributed by atoms with Crippen LogP contribution in [0.5, 0.6) is 17.2 Å². The minimum absolute atomic E-state index is 0.145. The van der Waals surface area contributed by atoms with Crippen molar-refractivity contribution in [3.63, 3.8) is 0 Å². The Morgan fingerprint density at radius 3 is 2.39 bits per heavy atom. The standard InChI is InChI=1S/C38H44Cl2N4O7/c1-25-28(6-3-7-32(25)33-8-4-9-35(38(33)40)49-11-5-10-44(2)20-31(48)22-46)24-51-37-14-36(50-23-27-12-26(15-41)16-42-17-27)29(13-34(37)39)18-43-19-30(47)21-45/h3-4,6-9,12-14,16-17,30-31,43,45-48H,5,10-11,18-24H2,1-2H3. The highest BCUT2D eigenvalue weighted by Crippen LogP contribution is 2.38. The number of hydrogen-bond acceptors (Lipinski definition) is 11. The first kappa shape index (κ1) is 39.8. The lowest BCUT2D eigenvalue weighted by Crippen LogP contribution is -2.32. The Balaban J connectivity index is 1.48. The van der Waals surface area contributed by atoms with E-state index in [1.54, 1.807) is 24.4 Å². The van der Waals surface area contributed by atoms with Gasteiger partial charge in [0.1, 0.15) is 36.5 Å². The molecular formula is C38H44Cl2N4O7. The zero-order valence-electron chi connectivity index (χ0n) is 28.7. The van der Waals surface area contributed by atoms with Crippen LogP contribution in [0.1, 0.15) is 34.2 Å². The van der Waals surface area contributed by atoms with Gasteiger partial charge in [0.2, 0.25) is 0 Å². The first-order chi connectivity index (χ1) is 24.6. The van der Waals surface area contributed by atoms with Gasteiger partial charge < -0.3 is 44.9 Å². The minimum atomic E-state index is -0.909. The number of likely N-dealkylation sites (N-methyl/N-ethyl adjacent to an activating group) is 1. The van der Waals surface area contributed by atoms with E-state index in [1.807, 2.05) is 55.3 Å². The summed E-state index contributed by atoms with van der Waals surface area (Å²) in [5.74, 6) is 1.47. The zero-order valence-corrected chi connectivity index (χ0v) is 30.2. The number of benzene rings is 3. The number of ether oxygens (including phenoxy) is 3. The molecule has 0 radical (unpaired) electrons. The van der Waals surface area contributed by atoms with E-state index in [-0.39, 0.29) is 33.0 Å². The van der Waals surface area contributed by atoms with E-state index in [1.165, 1.54) is 6.20 Å². The highest BCUT2D eigenvalue weighted by Gasteiger charge is 2.16. The molecule has 0 bridgehead atoms. The van der Waals surface area contributed by atoms with Gasteiger partial charge >= 0.3 is 0 Å². The van der Waals surface area contributed by atoms with E-state index in [9.17, 15) is 20.6 Å². The first-order valence-corrected chi connectivity index (χ1v) is 17.3. The molecule has 0 fully saturated rings. The molecule has 272 valence electrons. The fraction of sp³-hybridized carbons (Fsp3) is 0.368. The summed E-state index contributed by atoms with van der Waals surface area (Å²) in [5.41, 5.74) is 5.49. The van der Waals surface area contributed by atoms with E-state index in [4.69, 9.17) is 42.5 Å². The zero-order chi connectivity index (χ0) is 36.8. The molecule has 0 aliphatic heterocycles. The number of pyridine rings is 1. The fourth-order valence-corrected chi connectivity index (χ4v) is 5.85. The molecule has 4 rings (SSSR count). The van der Waals surface area contributed by atoms with Crippen molar-refractivity contribution in [3.05, 3.63) is 105 Å². The summed E-state index contributed by atoms with van der Waals surface area (Å²) in [6.45, 7) is 3.70. The topological polar surface area (TPSA) is 161 Å². The number of nitrogens with one attached hydrogen (secondary N) is 1. The number of hydrogen-bond donors (Lipinski definition) is 5. The van der Waals surface area contributed by atoms with E-state index in [2.05, 4.69) is 16.4 Å². The molecule has 5 N–H and O–H groups in total. The van der Waals surface area contributed by atoms with Crippen molar-refractivity contribution in [2.24, 2.45) is 0 Å². The SMILES string of the molecule is Cc1c(COc2cc(OCc3cncc(C#N)c3)c(CNCC(O)CO)cc2Cl)cccc1-c1cccc(OCCCN(C)CC(O)CO)c1Cl. The molecule has 13 heteroatoms. The van der Waals surface area contributed by atoms with Crippen molar-refractivity contribution < 1.29 is 34.6 Å². The van der Waals surface area contributed by atoms with Crippen LogP contribution < -0.4 is 19.5 Å². The molecule has 51 heavy (non-hydrogen) atoms. The van der Waals surface area contributed by atoms with Gasteiger partial charge in [-0.2, -0.15) is 5.26 Å². The number of aliphatic hydroxyl groups is 4. The maximum absolute atomic E-state index is 9.77.